The summed E-state index contributed by atoms with van der Waals surface area (Å²) in [4.78, 5) is 16.6. The van der Waals surface area contributed by atoms with Gasteiger partial charge in [0.1, 0.15) is 5.82 Å². The molecule has 7 heteroatoms. The second-order valence-electron chi connectivity index (χ2n) is 5.01. The molecule has 4 N–H and O–H groups in total. The molecule has 0 bridgehead atoms. The molecule has 2 heterocycles. The number of pyridine rings is 1. The Morgan fingerprint density at radius 2 is 2.10 bits per heavy atom. The van der Waals surface area contributed by atoms with Crippen LogP contribution in [0.1, 0.15) is 35.8 Å². The van der Waals surface area contributed by atoms with Crippen LogP contribution in [0.5, 0.6) is 0 Å². The van der Waals surface area contributed by atoms with Crippen molar-refractivity contribution in [2.75, 3.05) is 31.7 Å². The van der Waals surface area contributed by atoms with Crippen molar-refractivity contribution in [3.8, 4) is 0 Å². The lowest BCUT2D eigenvalue weighted by molar-refractivity contribution is 0.0126. The van der Waals surface area contributed by atoms with E-state index in [4.69, 9.17) is 10.6 Å². The van der Waals surface area contributed by atoms with E-state index in [2.05, 4.69) is 15.8 Å². The normalized spacial score (nSPS) is 16.2. The van der Waals surface area contributed by atoms with Crippen molar-refractivity contribution in [1.82, 2.24) is 15.4 Å². The summed E-state index contributed by atoms with van der Waals surface area (Å²) in [5.74, 6) is 5.95. The predicted molar refractivity (Wildman–Crippen MR) is 76.0 cm³/mol. The molecule has 1 aliphatic heterocycles. The Labute approximate surface area is 118 Å². The van der Waals surface area contributed by atoms with Crippen molar-refractivity contribution in [2.24, 2.45) is 5.84 Å². The Kier molecular flexibility index (Phi) is 4.89. The van der Waals surface area contributed by atoms with Crippen molar-refractivity contribution >= 4 is 11.7 Å². The summed E-state index contributed by atoms with van der Waals surface area (Å²) < 4.78 is 5.24. The van der Waals surface area contributed by atoms with E-state index in [1.165, 1.54) is 0 Å². The van der Waals surface area contributed by atoms with Gasteiger partial charge in [-0.3, -0.25) is 10.2 Å². The van der Waals surface area contributed by atoms with E-state index in [9.17, 15) is 4.79 Å². The minimum Gasteiger partial charge on any atom is -0.379 e. The Hall–Kier alpha value is -1.70. The van der Waals surface area contributed by atoms with E-state index in [1.54, 1.807) is 12.1 Å². The highest BCUT2D eigenvalue weighted by atomic mass is 16.5. The summed E-state index contributed by atoms with van der Waals surface area (Å²) in [7, 11) is 0. The number of aromatic nitrogens is 1. The molecular weight excluding hydrogens is 258 g/mol. The number of anilines is 1. The molecular formula is C13H21N5O2. The van der Waals surface area contributed by atoms with Crippen LogP contribution in [0.4, 0.5) is 5.82 Å². The van der Waals surface area contributed by atoms with E-state index >= 15 is 0 Å². The highest BCUT2D eigenvalue weighted by Crippen LogP contribution is 2.17. The van der Waals surface area contributed by atoms with Crippen molar-refractivity contribution in [2.45, 2.75) is 19.8 Å². The molecule has 0 radical (unpaired) electrons. The zero-order chi connectivity index (χ0) is 14.5. The van der Waals surface area contributed by atoms with Gasteiger partial charge in [0.05, 0.1) is 13.2 Å². The predicted octanol–water partition coefficient (Wildman–Crippen LogP) is 0.468. The first-order valence-corrected chi connectivity index (χ1v) is 6.72. The van der Waals surface area contributed by atoms with Gasteiger partial charge in [0.15, 0.2) is 0 Å². The lowest BCUT2D eigenvalue weighted by atomic mass is 10.1. The number of hydrogen-bond acceptors (Lipinski definition) is 6. The van der Waals surface area contributed by atoms with Crippen molar-refractivity contribution < 1.29 is 9.53 Å². The van der Waals surface area contributed by atoms with Gasteiger partial charge in [-0.1, -0.05) is 13.8 Å². The van der Waals surface area contributed by atoms with Crippen molar-refractivity contribution in [3.63, 3.8) is 0 Å². The molecule has 1 amide bonds. The van der Waals surface area contributed by atoms with E-state index in [-0.39, 0.29) is 11.8 Å². The van der Waals surface area contributed by atoms with E-state index in [0.29, 0.717) is 37.7 Å². The van der Waals surface area contributed by atoms with Crippen molar-refractivity contribution in [1.29, 1.82) is 0 Å². The molecule has 0 saturated carbocycles. The second kappa shape index (κ2) is 6.65. The number of amides is 1. The molecule has 1 fully saturated rings. The van der Waals surface area contributed by atoms with Crippen LogP contribution in [0.25, 0.3) is 0 Å². The summed E-state index contributed by atoms with van der Waals surface area (Å²) in [6.07, 6.45) is 0. The Balaban J connectivity index is 2.13. The van der Waals surface area contributed by atoms with Crippen LogP contribution >= 0.6 is 0 Å². The van der Waals surface area contributed by atoms with Gasteiger partial charge in [0, 0.05) is 24.3 Å². The molecule has 20 heavy (non-hydrogen) atoms. The molecule has 2 rings (SSSR count). The van der Waals surface area contributed by atoms with Gasteiger partial charge in [-0.05, 0) is 18.1 Å². The van der Waals surface area contributed by atoms with Crippen LogP contribution < -0.4 is 16.7 Å². The summed E-state index contributed by atoms with van der Waals surface area (Å²) in [6, 6.07) is 3.43. The molecule has 1 aromatic rings. The number of hydrogen-bond donors (Lipinski definition) is 3. The zero-order valence-corrected chi connectivity index (χ0v) is 11.8. The fraction of sp³-hybridized carbons (Fsp3) is 0.538. The third-order valence-electron chi connectivity index (χ3n) is 3.12. The first-order chi connectivity index (χ1) is 9.60. The molecule has 0 aliphatic carbocycles. The molecule has 0 unspecified atom stereocenters. The lowest BCUT2D eigenvalue weighted by Gasteiger charge is -2.27. The number of carbonyl (C=O) groups is 1. The number of rotatable bonds is 4. The Bertz CT molecular complexity index is 472. The molecule has 110 valence electrons. The number of nitrogens with zero attached hydrogens (tertiary/aromatic N) is 2. The highest BCUT2D eigenvalue weighted by molar-refractivity contribution is 5.94. The van der Waals surface area contributed by atoms with Crippen LogP contribution in [-0.4, -0.2) is 42.2 Å². The monoisotopic (exact) mass is 279 g/mol. The Morgan fingerprint density at radius 3 is 2.70 bits per heavy atom. The number of nitrogen functional groups attached to an aromatic ring is 1. The number of nitrogens with two attached hydrogens (primary N) is 1. The first-order valence-electron chi connectivity index (χ1n) is 6.72. The minimum atomic E-state index is -0.160. The number of morpholine rings is 1. The summed E-state index contributed by atoms with van der Waals surface area (Å²) >= 11 is 0. The molecule has 1 aliphatic rings. The molecule has 0 spiro atoms. The van der Waals surface area contributed by atoms with Crippen LogP contribution in [-0.2, 0) is 4.74 Å². The number of carbonyl (C=O) groups excluding carboxylic acids is 1. The smallest absolute Gasteiger partial charge is 0.265 e. The second-order valence-corrected chi connectivity index (χ2v) is 5.01. The summed E-state index contributed by atoms with van der Waals surface area (Å²) in [6.45, 7) is 6.68. The van der Waals surface area contributed by atoms with Crippen LogP contribution in [0.3, 0.4) is 0 Å². The summed E-state index contributed by atoms with van der Waals surface area (Å²) in [5, 5.41) is 1.86. The van der Waals surface area contributed by atoms with Crippen LogP contribution in [0.2, 0.25) is 0 Å². The largest absolute Gasteiger partial charge is 0.379 e. The van der Waals surface area contributed by atoms with Gasteiger partial charge >= 0.3 is 0 Å². The Morgan fingerprint density at radius 1 is 1.40 bits per heavy atom. The third kappa shape index (κ3) is 3.66. The fourth-order valence-electron chi connectivity index (χ4n) is 1.94. The van der Waals surface area contributed by atoms with Gasteiger partial charge in [-0.25, -0.2) is 15.8 Å². The van der Waals surface area contributed by atoms with Crippen molar-refractivity contribution in [3.05, 3.63) is 23.4 Å². The van der Waals surface area contributed by atoms with Gasteiger partial charge in [0.25, 0.3) is 5.91 Å². The molecule has 1 aromatic heterocycles. The van der Waals surface area contributed by atoms with Gasteiger partial charge < -0.3 is 10.2 Å². The first kappa shape index (κ1) is 14.7. The van der Waals surface area contributed by atoms with Gasteiger partial charge in [0.2, 0.25) is 0 Å². The number of hydrazine groups is 2. The SMILES string of the molecule is CC(C)c1cc(C(=O)NN2CCOCC2)cc(NN)n1. The van der Waals surface area contributed by atoms with E-state index < -0.39 is 0 Å². The average Bonchev–Trinajstić information content (AvgIpc) is 2.47. The fourth-order valence-corrected chi connectivity index (χ4v) is 1.94. The van der Waals surface area contributed by atoms with Gasteiger partial charge in [-0.2, -0.15) is 0 Å². The maximum Gasteiger partial charge on any atom is 0.265 e. The van der Waals surface area contributed by atoms with Gasteiger partial charge in [-0.15, -0.1) is 0 Å². The minimum absolute atomic E-state index is 0.160. The van der Waals surface area contributed by atoms with Crippen LogP contribution in [0, 0.1) is 0 Å². The maximum absolute atomic E-state index is 12.3. The van der Waals surface area contributed by atoms with Crippen LogP contribution in [0.15, 0.2) is 12.1 Å². The maximum atomic E-state index is 12.3. The summed E-state index contributed by atoms with van der Waals surface area (Å²) in [5.41, 5.74) is 6.74. The highest BCUT2D eigenvalue weighted by Gasteiger charge is 2.16. The standard InChI is InChI=1S/C13H21N5O2/c1-9(2)11-7-10(8-12(15-11)16-14)13(19)17-18-3-5-20-6-4-18/h7-9H,3-6,14H2,1-2H3,(H,15,16)(H,17,19). The van der Waals surface area contributed by atoms with E-state index in [0.717, 1.165) is 5.69 Å². The molecule has 1 saturated heterocycles. The third-order valence-corrected chi connectivity index (χ3v) is 3.12. The molecule has 7 nitrogen and oxygen atoms in total. The lowest BCUT2D eigenvalue weighted by Crippen LogP contribution is -2.48. The molecule has 0 atom stereocenters. The average molecular weight is 279 g/mol. The topological polar surface area (TPSA) is 92.5 Å². The number of ether oxygens (including phenoxy) is 1. The zero-order valence-electron chi connectivity index (χ0n) is 11.8. The quantitative estimate of drug-likeness (QED) is 0.548. The molecule has 0 aromatic carbocycles. The van der Waals surface area contributed by atoms with E-state index in [1.807, 2.05) is 18.9 Å². The number of nitrogens with one attached hydrogen (secondary N) is 2.